The molecule has 2 amide bonds. The molecule has 0 aliphatic carbocycles. The number of carbonyl (C=O) groups is 2. The molecule has 7 nitrogen and oxygen atoms in total. The van der Waals surface area contributed by atoms with Crippen LogP contribution >= 0.6 is 0 Å². The molecule has 0 fully saturated rings. The summed E-state index contributed by atoms with van der Waals surface area (Å²) in [5.41, 5.74) is 2.25. The Hall–Kier alpha value is -4.57. The van der Waals surface area contributed by atoms with Crippen molar-refractivity contribution in [1.82, 2.24) is 5.32 Å². The Morgan fingerprint density at radius 3 is 2.24 bits per heavy atom. The van der Waals surface area contributed by atoms with Crippen LogP contribution in [0.25, 0.3) is 6.08 Å². The molecule has 0 atom stereocenters. The van der Waals surface area contributed by atoms with E-state index in [1.807, 2.05) is 36.4 Å². The fraction of sp³-hybridized carbons (Fsp3) is 0.115. The maximum absolute atomic E-state index is 12.3. The molecule has 3 aromatic rings. The van der Waals surface area contributed by atoms with Crippen molar-refractivity contribution >= 4 is 23.6 Å². The Balaban J connectivity index is 1.51. The molecule has 0 saturated carbocycles. The van der Waals surface area contributed by atoms with Gasteiger partial charge >= 0.3 is 0 Å². The zero-order valence-electron chi connectivity index (χ0n) is 18.1. The van der Waals surface area contributed by atoms with Crippen molar-refractivity contribution in [2.24, 2.45) is 0 Å². The second-order valence-corrected chi connectivity index (χ2v) is 6.97. The summed E-state index contributed by atoms with van der Waals surface area (Å²) in [6.07, 6.45) is 1.50. The third-order valence-electron chi connectivity index (χ3n) is 4.60. The quantitative estimate of drug-likeness (QED) is 0.387. The number of hydrogen-bond acceptors (Lipinski definition) is 5. The van der Waals surface area contributed by atoms with Gasteiger partial charge in [0.15, 0.2) is 6.61 Å². The van der Waals surface area contributed by atoms with Crippen molar-refractivity contribution in [3.05, 3.63) is 95.6 Å². The van der Waals surface area contributed by atoms with Crippen molar-refractivity contribution in [3.63, 3.8) is 0 Å². The van der Waals surface area contributed by atoms with Crippen molar-refractivity contribution in [1.29, 1.82) is 5.26 Å². The molecule has 0 saturated heterocycles. The second-order valence-electron chi connectivity index (χ2n) is 6.97. The van der Waals surface area contributed by atoms with Gasteiger partial charge < -0.3 is 20.1 Å². The Bertz CT molecular complexity index is 1150. The summed E-state index contributed by atoms with van der Waals surface area (Å²) < 4.78 is 10.6. The average molecular weight is 441 g/mol. The van der Waals surface area contributed by atoms with Crippen LogP contribution in [0.15, 0.2) is 84.4 Å². The minimum Gasteiger partial charge on any atom is -0.497 e. The standard InChI is InChI=1S/C26H23N3O4/c1-32-23-13-9-22(10-14-23)29-25(30)18-33-24-11-7-19(8-12-24)15-21(16-27)26(31)28-17-20-5-3-2-4-6-20/h2-15H,17-18H2,1H3,(H,28,31)(H,29,30)/b21-15+. The molecule has 0 bridgehead atoms. The molecule has 0 radical (unpaired) electrons. The number of methoxy groups -OCH3 is 1. The van der Waals surface area contributed by atoms with Crippen LogP contribution in [0.3, 0.4) is 0 Å². The predicted octanol–water partition coefficient (Wildman–Crippen LogP) is 3.94. The first-order valence-electron chi connectivity index (χ1n) is 10.2. The number of nitrogens with zero attached hydrogens (tertiary/aromatic N) is 1. The van der Waals surface area contributed by atoms with E-state index in [1.54, 1.807) is 55.6 Å². The summed E-state index contributed by atoms with van der Waals surface area (Å²) >= 11 is 0. The third-order valence-corrected chi connectivity index (χ3v) is 4.60. The van der Waals surface area contributed by atoms with Crippen LogP contribution < -0.4 is 20.1 Å². The molecule has 33 heavy (non-hydrogen) atoms. The molecule has 0 spiro atoms. The van der Waals surface area contributed by atoms with Gasteiger partial charge in [0.25, 0.3) is 11.8 Å². The highest BCUT2D eigenvalue weighted by molar-refractivity contribution is 6.01. The highest BCUT2D eigenvalue weighted by Crippen LogP contribution is 2.16. The SMILES string of the molecule is COc1ccc(NC(=O)COc2ccc(/C=C(\C#N)C(=O)NCc3ccccc3)cc2)cc1. The van der Waals surface area contributed by atoms with E-state index in [9.17, 15) is 14.9 Å². The molecule has 166 valence electrons. The Labute approximate surface area is 192 Å². The smallest absolute Gasteiger partial charge is 0.262 e. The topological polar surface area (TPSA) is 100 Å². The largest absolute Gasteiger partial charge is 0.497 e. The van der Waals surface area contributed by atoms with Crippen molar-refractivity contribution in [2.75, 3.05) is 19.0 Å². The molecule has 0 aromatic heterocycles. The van der Waals surface area contributed by atoms with E-state index in [0.717, 1.165) is 5.56 Å². The molecule has 0 aliphatic rings. The number of hydrogen-bond donors (Lipinski definition) is 2. The zero-order chi connectivity index (χ0) is 23.5. The first-order valence-corrected chi connectivity index (χ1v) is 10.2. The predicted molar refractivity (Wildman–Crippen MR) is 125 cm³/mol. The molecule has 0 aliphatic heterocycles. The molecular formula is C26H23N3O4. The molecule has 0 heterocycles. The third kappa shape index (κ3) is 7.26. The van der Waals surface area contributed by atoms with Gasteiger partial charge in [-0.25, -0.2) is 0 Å². The lowest BCUT2D eigenvalue weighted by molar-refractivity contribution is -0.118. The number of benzene rings is 3. The van der Waals surface area contributed by atoms with Crippen LogP contribution in [0.1, 0.15) is 11.1 Å². The van der Waals surface area contributed by atoms with Crippen LogP contribution in [-0.2, 0) is 16.1 Å². The van der Waals surface area contributed by atoms with Crippen LogP contribution in [0.2, 0.25) is 0 Å². The molecule has 3 rings (SSSR count). The lowest BCUT2D eigenvalue weighted by Gasteiger charge is -2.08. The first-order chi connectivity index (χ1) is 16.1. The number of nitrogens with one attached hydrogen (secondary N) is 2. The maximum atomic E-state index is 12.3. The van der Waals surface area contributed by atoms with E-state index < -0.39 is 5.91 Å². The Kier molecular flexibility index (Phi) is 8.21. The minimum atomic E-state index is -0.447. The molecular weight excluding hydrogens is 418 g/mol. The van der Waals surface area contributed by atoms with Crippen LogP contribution in [0.5, 0.6) is 11.5 Å². The number of rotatable bonds is 9. The molecule has 0 unspecified atom stereocenters. The molecule has 2 N–H and O–H groups in total. The van der Waals surface area contributed by atoms with Gasteiger partial charge in [-0.3, -0.25) is 9.59 Å². The highest BCUT2D eigenvalue weighted by Gasteiger charge is 2.09. The van der Waals surface area contributed by atoms with Gasteiger partial charge in [-0.15, -0.1) is 0 Å². The summed E-state index contributed by atoms with van der Waals surface area (Å²) in [6.45, 7) is 0.177. The van der Waals surface area contributed by atoms with Crippen molar-refractivity contribution in [2.45, 2.75) is 6.54 Å². The summed E-state index contributed by atoms with van der Waals surface area (Å²) in [5, 5.41) is 14.8. The number of nitriles is 1. The van der Waals surface area contributed by atoms with Gasteiger partial charge in [-0.1, -0.05) is 42.5 Å². The Morgan fingerprint density at radius 2 is 1.61 bits per heavy atom. The number of anilines is 1. The van der Waals surface area contributed by atoms with Crippen molar-refractivity contribution in [3.8, 4) is 17.6 Å². The summed E-state index contributed by atoms with van der Waals surface area (Å²) in [5.74, 6) is 0.443. The molecule has 7 heteroatoms. The van der Waals surface area contributed by atoms with E-state index in [4.69, 9.17) is 9.47 Å². The lowest BCUT2D eigenvalue weighted by atomic mass is 10.1. The van der Waals surface area contributed by atoms with Gasteiger partial charge in [-0.2, -0.15) is 5.26 Å². The van der Waals surface area contributed by atoms with Crippen LogP contribution in [0, 0.1) is 11.3 Å². The summed E-state index contributed by atoms with van der Waals surface area (Å²) in [6, 6.07) is 25.1. The minimum absolute atomic E-state index is 0.00142. The van der Waals surface area contributed by atoms with E-state index in [0.29, 0.717) is 29.3 Å². The normalized spacial score (nSPS) is 10.6. The number of ether oxygens (including phenoxy) is 2. The monoisotopic (exact) mass is 441 g/mol. The van der Waals surface area contributed by atoms with E-state index in [1.165, 1.54) is 6.08 Å². The lowest BCUT2D eigenvalue weighted by Crippen LogP contribution is -2.23. The average Bonchev–Trinajstić information content (AvgIpc) is 2.86. The fourth-order valence-electron chi connectivity index (χ4n) is 2.87. The van der Waals surface area contributed by atoms with Gasteiger partial charge in [0.2, 0.25) is 0 Å². The van der Waals surface area contributed by atoms with E-state index in [-0.39, 0.29) is 18.1 Å². The number of amides is 2. The second kappa shape index (κ2) is 11.7. The molecule has 3 aromatic carbocycles. The van der Waals surface area contributed by atoms with Gasteiger partial charge in [0.05, 0.1) is 7.11 Å². The van der Waals surface area contributed by atoms with Crippen LogP contribution in [0.4, 0.5) is 5.69 Å². The van der Waals surface area contributed by atoms with Gasteiger partial charge in [-0.05, 0) is 53.6 Å². The van der Waals surface area contributed by atoms with E-state index >= 15 is 0 Å². The first kappa shape index (κ1) is 23.1. The van der Waals surface area contributed by atoms with Crippen molar-refractivity contribution < 1.29 is 19.1 Å². The van der Waals surface area contributed by atoms with Gasteiger partial charge in [0, 0.05) is 12.2 Å². The summed E-state index contributed by atoms with van der Waals surface area (Å²) in [7, 11) is 1.57. The highest BCUT2D eigenvalue weighted by atomic mass is 16.5. The van der Waals surface area contributed by atoms with E-state index in [2.05, 4.69) is 10.6 Å². The van der Waals surface area contributed by atoms with Crippen LogP contribution in [-0.4, -0.2) is 25.5 Å². The summed E-state index contributed by atoms with van der Waals surface area (Å²) in [4.78, 5) is 24.4. The van der Waals surface area contributed by atoms with Gasteiger partial charge in [0.1, 0.15) is 23.1 Å². The Morgan fingerprint density at radius 1 is 0.939 bits per heavy atom. The number of carbonyl (C=O) groups excluding carboxylic acids is 2. The fourth-order valence-corrected chi connectivity index (χ4v) is 2.87. The maximum Gasteiger partial charge on any atom is 0.262 e. The zero-order valence-corrected chi connectivity index (χ0v) is 18.1.